The number of rotatable bonds is 6. The van der Waals surface area contributed by atoms with E-state index >= 15 is 0 Å². The van der Waals surface area contributed by atoms with Crippen molar-refractivity contribution in [1.29, 1.82) is 0 Å². The van der Waals surface area contributed by atoms with Gasteiger partial charge in [0, 0.05) is 19.2 Å². The first-order valence-corrected chi connectivity index (χ1v) is 6.90. The van der Waals surface area contributed by atoms with Gasteiger partial charge in [0.15, 0.2) is 0 Å². The van der Waals surface area contributed by atoms with E-state index in [1.54, 1.807) is 7.11 Å². The lowest BCUT2D eigenvalue weighted by Crippen LogP contribution is -2.27. The van der Waals surface area contributed by atoms with E-state index in [4.69, 9.17) is 4.74 Å². The topological polar surface area (TPSA) is 38.3 Å². The number of hydrogen-bond donors (Lipinski definition) is 1. The SMILES string of the molecule is COCCNC(=O)/C(=C/c1ccccc1)c1ccccc1. The van der Waals surface area contributed by atoms with E-state index < -0.39 is 0 Å². The molecule has 0 aliphatic heterocycles. The molecule has 0 saturated carbocycles. The number of methoxy groups -OCH3 is 1. The van der Waals surface area contributed by atoms with E-state index in [-0.39, 0.29) is 5.91 Å². The molecule has 0 heterocycles. The molecule has 0 atom stereocenters. The molecule has 21 heavy (non-hydrogen) atoms. The Labute approximate surface area is 125 Å². The second-order valence-electron chi connectivity index (χ2n) is 4.58. The lowest BCUT2D eigenvalue weighted by atomic mass is 10.0. The van der Waals surface area contributed by atoms with Crippen molar-refractivity contribution in [2.24, 2.45) is 0 Å². The zero-order chi connectivity index (χ0) is 14.9. The van der Waals surface area contributed by atoms with Gasteiger partial charge < -0.3 is 10.1 Å². The largest absolute Gasteiger partial charge is 0.383 e. The molecule has 0 unspecified atom stereocenters. The smallest absolute Gasteiger partial charge is 0.251 e. The zero-order valence-electron chi connectivity index (χ0n) is 12.1. The summed E-state index contributed by atoms with van der Waals surface area (Å²) in [5.41, 5.74) is 2.55. The standard InChI is InChI=1S/C18H19NO2/c1-21-13-12-19-18(20)17(16-10-6-3-7-11-16)14-15-8-4-2-5-9-15/h2-11,14H,12-13H2,1H3,(H,19,20)/b17-14+. The van der Waals surface area contributed by atoms with Crippen LogP contribution < -0.4 is 5.32 Å². The van der Waals surface area contributed by atoms with Gasteiger partial charge in [-0.15, -0.1) is 0 Å². The second kappa shape index (κ2) is 8.02. The molecular weight excluding hydrogens is 262 g/mol. The summed E-state index contributed by atoms with van der Waals surface area (Å²) in [6.07, 6.45) is 1.90. The van der Waals surface area contributed by atoms with Gasteiger partial charge in [0.05, 0.1) is 6.61 Å². The summed E-state index contributed by atoms with van der Waals surface area (Å²) >= 11 is 0. The fraction of sp³-hybridized carbons (Fsp3) is 0.167. The Hall–Kier alpha value is -2.39. The highest BCUT2D eigenvalue weighted by Crippen LogP contribution is 2.18. The molecule has 0 radical (unpaired) electrons. The summed E-state index contributed by atoms with van der Waals surface area (Å²) in [6.45, 7) is 0.993. The number of ether oxygens (including phenoxy) is 1. The van der Waals surface area contributed by atoms with Crippen molar-refractivity contribution >= 4 is 17.6 Å². The van der Waals surface area contributed by atoms with Crippen LogP contribution in [0.3, 0.4) is 0 Å². The first-order chi connectivity index (χ1) is 10.3. The summed E-state index contributed by atoms with van der Waals surface area (Å²) < 4.78 is 4.96. The average molecular weight is 281 g/mol. The maximum atomic E-state index is 12.4. The number of carbonyl (C=O) groups is 1. The molecule has 3 nitrogen and oxygen atoms in total. The van der Waals surface area contributed by atoms with Gasteiger partial charge in [-0.1, -0.05) is 60.7 Å². The predicted octanol–water partition coefficient (Wildman–Crippen LogP) is 2.99. The minimum atomic E-state index is -0.0953. The lowest BCUT2D eigenvalue weighted by molar-refractivity contribution is -0.115. The molecule has 0 saturated heterocycles. The third-order valence-electron chi connectivity index (χ3n) is 3.03. The Morgan fingerprint density at radius 2 is 1.67 bits per heavy atom. The highest BCUT2D eigenvalue weighted by Gasteiger charge is 2.11. The van der Waals surface area contributed by atoms with E-state index in [9.17, 15) is 4.79 Å². The average Bonchev–Trinajstić information content (AvgIpc) is 2.54. The van der Waals surface area contributed by atoms with Gasteiger partial charge in [0.1, 0.15) is 0 Å². The van der Waals surface area contributed by atoms with E-state index in [1.807, 2.05) is 66.7 Å². The number of carbonyl (C=O) groups excluding carboxylic acids is 1. The van der Waals surface area contributed by atoms with Crippen LogP contribution in [0.5, 0.6) is 0 Å². The molecule has 0 aliphatic rings. The molecule has 0 spiro atoms. The number of hydrogen-bond acceptors (Lipinski definition) is 2. The molecular formula is C18H19NO2. The van der Waals surface area contributed by atoms with Gasteiger partial charge >= 0.3 is 0 Å². The van der Waals surface area contributed by atoms with Gasteiger partial charge in [-0.05, 0) is 17.2 Å². The summed E-state index contributed by atoms with van der Waals surface area (Å²) in [4.78, 5) is 12.4. The first kappa shape index (κ1) is 15.0. The highest BCUT2D eigenvalue weighted by atomic mass is 16.5. The maximum absolute atomic E-state index is 12.4. The van der Waals surface area contributed by atoms with Gasteiger partial charge in [-0.2, -0.15) is 0 Å². The molecule has 3 heteroatoms. The number of benzene rings is 2. The van der Waals surface area contributed by atoms with Crippen LogP contribution in [-0.4, -0.2) is 26.2 Å². The monoisotopic (exact) mass is 281 g/mol. The van der Waals surface area contributed by atoms with Gasteiger partial charge in [-0.25, -0.2) is 0 Å². The minimum Gasteiger partial charge on any atom is -0.383 e. The minimum absolute atomic E-state index is 0.0953. The van der Waals surface area contributed by atoms with Crippen molar-refractivity contribution in [2.45, 2.75) is 0 Å². The molecule has 108 valence electrons. The van der Waals surface area contributed by atoms with Crippen molar-refractivity contribution in [3.63, 3.8) is 0 Å². The van der Waals surface area contributed by atoms with Gasteiger partial charge in [-0.3, -0.25) is 4.79 Å². The molecule has 1 amide bonds. The summed E-state index contributed by atoms with van der Waals surface area (Å²) in [5.74, 6) is -0.0953. The van der Waals surface area contributed by atoms with Crippen LogP contribution in [0.25, 0.3) is 11.6 Å². The van der Waals surface area contributed by atoms with E-state index in [0.717, 1.165) is 11.1 Å². The van der Waals surface area contributed by atoms with Crippen molar-refractivity contribution < 1.29 is 9.53 Å². The van der Waals surface area contributed by atoms with Crippen LogP contribution in [0, 0.1) is 0 Å². The van der Waals surface area contributed by atoms with Crippen molar-refractivity contribution in [3.8, 4) is 0 Å². The van der Waals surface area contributed by atoms with Crippen molar-refractivity contribution in [1.82, 2.24) is 5.32 Å². The fourth-order valence-corrected chi connectivity index (χ4v) is 1.98. The quantitative estimate of drug-likeness (QED) is 0.502. The molecule has 2 rings (SSSR count). The third-order valence-corrected chi connectivity index (χ3v) is 3.03. The van der Waals surface area contributed by atoms with Crippen LogP contribution >= 0.6 is 0 Å². The Bertz CT molecular complexity index is 591. The second-order valence-corrected chi connectivity index (χ2v) is 4.58. The molecule has 1 N–H and O–H groups in total. The Kier molecular flexibility index (Phi) is 5.73. The zero-order valence-corrected chi connectivity index (χ0v) is 12.1. The molecule has 0 bridgehead atoms. The Morgan fingerprint density at radius 1 is 1.05 bits per heavy atom. The number of amides is 1. The molecule has 0 fully saturated rings. The predicted molar refractivity (Wildman–Crippen MR) is 85.6 cm³/mol. The summed E-state index contributed by atoms with van der Waals surface area (Å²) in [7, 11) is 1.62. The first-order valence-electron chi connectivity index (χ1n) is 6.90. The normalized spacial score (nSPS) is 11.2. The molecule has 0 aliphatic carbocycles. The van der Waals surface area contributed by atoms with Crippen LogP contribution in [0.1, 0.15) is 11.1 Å². The highest BCUT2D eigenvalue weighted by molar-refractivity contribution is 6.24. The van der Waals surface area contributed by atoms with E-state index in [0.29, 0.717) is 18.7 Å². The van der Waals surface area contributed by atoms with E-state index in [2.05, 4.69) is 5.32 Å². The molecule has 2 aromatic carbocycles. The van der Waals surface area contributed by atoms with Crippen LogP contribution in [0.2, 0.25) is 0 Å². The Morgan fingerprint density at radius 3 is 2.29 bits per heavy atom. The molecule has 0 aromatic heterocycles. The fourth-order valence-electron chi connectivity index (χ4n) is 1.98. The van der Waals surface area contributed by atoms with Crippen molar-refractivity contribution in [2.75, 3.05) is 20.3 Å². The number of nitrogens with one attached hydrogen (secondary N) is 1. The third kappa shape index (κ3) is 4.58. The lowest BCUT2D eigenvalue weighted by Gasteiger charge is -2.09. The Balaban J connectivity index is 2.27. The van der Waals surface area contributed by atoms with Crippen LogP contribution in [0.15, 0.2) is 60.7 Å². The van der Waals surface area contributed by atoms with Crippen LogP contribution in [-0.2, 0) is 9.53 Å². The summed E-state index contributed by atoms with van der Waals surface area (Å²) in [5, 5.41) is 2.87. The van der Waals surface area contributed by atoms with Gasteiger partial charge in [0.2, 0.25) is 0 Å². The summed E-state index contributed by atoms with van der Waals surface area (Å²) in [6, 6.07) is 19.5. The van der Waals surface area contributed by atoms with Crippen molar-refractivity contribution in [3.05, 3.63) is 71.8 Å². The van der Waals surface area contributed by atoms with Gasteiger partial charge in [0.25, 0.3) is 5.91 Å². The molecule has 2 aromatic rings. The van der Waals surface area contributed by atoms with Crippen LogP contribution in [0.4, 0.5) is 0 Å². The maximum Gasteiger partial charge on any atom is 0.251 e. The van der Waals surface area contributed by atoms with E-state index in [1.165, 1.54) is 0 Å².